The van der Waals surface area contributed by atoms with Crippen molar-refractivity contribution >= 4 is 17.7 Å². The number of methoxy groups -OCH3 is 2. The summed E-state index contributed by atoms with van der Waals surface area (Å²) < 4.78 is 15.9. The molecular formula is C21H23N3O4S. The van der Waals surface area contributed by atoms with Crippen LogP contribution in [-0.4, -0.2) is 35.6 Å². The molecule has 0 aliphatic heterocycles. The van der Waals surface area contributed by atoms with Crippen molar-refractivity contribution in [3.05, 3.63) is 65.5 Å². The van der Waals surface area contributed by atoms with E-state index in [0.717, 1.165) is 22.6 Å². The molecule has 0 fully saturated rings. The van der Waals surface area contributed by atoms with E-state index in [1.54, 1.807) is 21.1 Å². The molecule has 1 N–H and O–H groups in total. The van der Waals surface area contributed by atoms with Gasteiger partial charge in [0.2, 0.25) is 11.8 Å². The Balaban J connectivity index is 1.49. The largest absolute Gasteiger partial charge is 0.497 e. The van der Waals surface area contributed by atoms with Crippen molar-refractivity contribution in [2.24, 2.45) is 0 Å². The third kappa shape index (κ3) is 5.99. The van der Waals surface area contributed by atoms with Crippen molar-refractivity contribution in [2.45, 2.75) is 30.4 Å². The minimum absolute atomic E-state index is 0.0966. The van der Waals surface area contributed by atoms with E-state index < -0.39 is 0 Å². The molecule has 0 aliphatic carbocycles. The molecule has 0 radical (unpaired) electrons. The summed E-state index contributed by atoms with van der Waals surface area (Å²) in [6.45, 7) is 2.25. The van der Waals surface area contributed by atoms with Crippen molar-refractivity contribution in [1.82, 2.24) is 15.5 Å². The number of ether oxygens (including phenoxy) is 2. The first-order valence-electron chi connectivity index (χ1n) is 9.10. The van der Waals surface area contributed by atoms with Gasteiger partial charge in [0, 0.05) is 6.54 Å². The van der Waals surface area contributed by atoms with Crippen LogP contribution in [0.25, 0.3) is 0 Å². The van der Waals surface area contributed by atoms with E-state index in [1.165, 1.54) is 11.8 Å². The fourth-order valence-electron chi connectivity index (χ4n) is 2.56. The quantitative estimate of drug-likeness (QED) is 0.538. The highest BCUT2D eigenvalue weighted by Crippen LogP contribution is 2.23. The number of benzene rings is 2. The van der Waals surface area contributed by atoms with Crippen LogP contribution in [0.15, 0.2) is 58.2 Å². The second kappa shape index (κ2) is 9.97. The number of nitrogens with one attached hydrogen (secondary N) is 1. The molecule has 7 nitrogen and oxygen atoms in total. The first kappa shape index (κ1) is 20.7. The number of aromatic nitrogens is 2. The molecule has 2 aromatic carbocycles. The summed E-state index contributed by atoms with van der Waals surface area (Å²) in [5.74, 6) is 1.99. The summed E-state index contributed by atoms with van der Waals surface area (Å²) in [7, 11) is 3.25. The Morgan fingerprint density at radius 3 is 2.17 bits per heavy atom. The summed E-state index contributed by atoms with van der Waals surface area (Å²) in [6, 6.07) is 15.2. The van der Waals surface area contributed by atoms with E-state index in [2.05, 4.69) is 15.5 Å². The zero-order valence-electron chi connectivity index (χ0n) is 16.5. The summed E-state index contributed by atoms with van der Waals surface area (Å²) in [5, 5.41) is 11.0. The van der Waals surface area contributed by atoms with Crippen molar-refractivity contribution in [3.8, 4) is 11.5 Å². The zero-order chi connectivity index (χ0) is 20.6. The average molecular weight is 413 g/mol. The second-order valence-corrected chi connectivity index (χ2v) is 7.60. The fourth-order valence-corrected chi connectivity index (χ4v) is 3.28. The molecule has 29 heavy (non-hydrogen) atoms. The van der Waals surface area contributed by atoms with Gasteiger partial charge in [0.15, 0.2) is 0 Å². The van der Waals surface area contributed by atoms with Crippen LogP contribution in [0.1, 0.15) is 23.9 Å². The van der Waals surface area contributed by atoms with Gasteiger partial charge in [-0.05, 0) is 42.3 Å². The van der Waals surface area contributed by atoms with Crippen LogP contribution in [0.5, 0.6) is 11.5 Å². The summed E-state index contributed by atoms with van der Waals surface area (Å²) in [6.07, 6.45) is 0.523. The molecule has 1 amide bonds. The Morgan fingerprint density at radius 1 is 1.00 bits per heavy atom. The lowest BCUT2D eigenvalue weighted by Gasteiger charge is -2.10. The van der Waals surface area contributed by atoms with Crippen LogP contribution >= 0.6 is 11.8 Å². The van der Waals surface area contributed by atoms with Gasteiger partial charge in [-0.25, -0.2) is 0 Å². The Kier molecular flexibility index (Phi) is 7.13. The van der Waals surface area contributed by atoms with Crippen LogP contribution in [0.4, 0.5) is 0 Å². The van der Waals surface area contributed by atoms with Crippen LogP contribution in [0.3, 0.4) is 0 Å². The molecule has 0 aliphatic rings. The molecule has 0 bridgehead atoms. The monoisotopic (exact) mass is 413 g/mol. The van der Waals surface area contributed by atoms with Gasteiger partial charge in [-0.15, -0.1) is 10.2 Å². The highest BCUT2D eigenvalue weighted by Gasteiger charge is 2.18. The molecule has 0 unspecified atom stereocenters. The molecular weight excluding hydrogens is 390 g/mol. The molecule has 3 aromatic rings. The minimum atomic E-state index is -0.359. The molecule has 0 spiro atoms. The predicted molar refractivity (Wildman–Crippen MR) is 110 cm³/mol. The first-order valence-corrected chi connectivity index (χ1v) is 9.98. The summed E-state index contributed by atoms with van der Waals surface area (Å²) >= 11 is 1.24. The number of hydrogen-bond donors (Lipinski definition) is 1. The number of hydrogen-bond acceptors (Lipinski definition) is 7. The number of carbonyl (C=O) groups is 1. The third-order valence-electron chi connectivity index (χ3n) is 4.24. The first-order chi connectivity index (χ1) is 14.1. The molecule has 0 saturated heterocycles. The SMILES string of the molecule is COc1ccc(CNC(=O)[C@@H](C)Sc2nnc(Cc3ccc(OC)cc3)o2)cc1. The Labute approximate surface area is 173 Å². The Hall–Kier alpha value is -3.00. The van der Waals surface area contributed by atoms with E-state index in [0.29, 0.717) is 24.1 Å². The summed E-state index contributed by atoms with van der Waals surface area (Å²) in [4.78, 5) is 12.3. The predicted octanol–water partition coefficient (Wildman–Crippen LogP) is 3.47. The Bertz CT molecular complexity index is 926. The van der Waals surface area contributed by atoms with Crippen LogP contribution in [0, 0.1) is 0 Å². The zero-order valence-corrected chi connectivity index (χ0v) is 17.4. The van der Waals surface area contributed by atoms with Crippen LogP contribution in [-0.2, 0) is 17.8 Å². The Morgan fingerprint density at radius 2 is 1.59 bits per heavy atom. The highest BCUT2D eigenvalue weighted by molar-refractivity contribution is 8.00. The molecule has 8 heteroatoms. The van der Waals surface area contributed by atoms with Gasteiger partial charge in [-0.3, -0.25) is 4.79 Å². The smallest absolute Gasteiger partial charge is 0.277 e. The van der Waals surface area contributed by atoms with Gasteiger partial charge in [0.05, 0.1) is 25.9 Å². The van der Waals surface area contributed by atoms with E-state index in [1.807, 2.05) is 48.5 Å². The molecule has 152 valence electrons. The van der Waals surface area contributed by atoms with E-state index in [4.69, 9.17) is 13.9 Å². The van der Waals surface area contributed by atoms with Gasteiger partial charge in [-0.1, -0.05) is 36.0 Å². The van der Waals surface area contributed by atoms with Crippen molar-refractivity contribution < 1.29 is 18.7 Å². The van der Waals surface area contributed by atoms with Crippen molar-refractivity contribution in [1.29, 1.82) is 0 Å². The second-order valence-electron chi connectivity index (χ2n) is 6.31. The number of rotatable bonds is 9. The fraction of sp³-hybridized carbons (Fsp3) is 0.286. The van der Waals surface area contributed by atoms with Crippen LogP contribution in [0.2, 0.25) is 0 Å². The molecule has 3 rings (SSSR count). The number of amides is 1. The van der Waals surface area contributed by atoms with E-state index >= 15 is 0 Å². The van der Waals surface area contributed by atoms with E-state index in [9.17, 15) is 4.79 Å². The third-order valence-corrected chi connectivity index (χ3v) is 5.17. The molecule has 1 heterocycles. The lowest BCUT2D eigenvalue weighted by atomic mass is 10.1. The lowest BCUT2D eigenvalue weighted by Crippen LogP contribution is -2.30. The standard InChI is InChI=1S/C21H23N3O4S/c1-14(20(25)22-13-16-6-10-18(27-3)11-7-16)29-21-24-23-19(28-21)12-15-4-8-17(26-2)9-5-15/h4-11,14H,12-13H2,1-3H3,(H,22,25)/t14-/m1/s1. The highest BCUT2D eigenvalue weighted by atomic mass is 32.2. The van der Waals surface area contributed by atoms with E-state index in [-0.39, 0.29) is 11.2 Å². The maximum atomic E-state index is 12.3. The normalized spacial score (nSPS) is 11.7. The topological polar surface area (TPSA) is 86.5 Å². The molecule has 0 saturated carbocycles. The van der Waals surface area contributed by atoms with Gasteiger partial charge in [0.25, 0.3) is 5.22 Å². The van der Waals surface area contributed by atoms with Gasteiger partial charge < -0.3 is 19.2 Å². The lowest BCUT2D eigenvalue weighted by molar-refractivity contribution is -0.120. The number of carbonyl (C=O) groups excluding carboxylic acids is 1. The van der Waals surface area contributed by atoms with Crippen molar-refractivity contribution in [3.63, 3.8) is 0 Å². The maximum absolute atomic E-state index is 12.3. The minimum Gasteiger partial charge on any atom is -0.497 e. The van der Waals surface area contributed by atoms with Crippen molar-refractivity contribution in [2.75, 3.05) is 14.2 Å². The number of thioether (sulfide) groups is 1. The van der Waals surface area contributed by atoms with Crippen LogP contribution < -0.4 is 14.8 Å². The van der Waals surface area contributed by atoms with Gasteiger partial charge in [0.1, 0.15) is 11.5 Å². The average Bonchev–Trinajstić information content (AvgIpc) is 3.19. The number of nitrogens with zero attached hydrogens (tertiary/aromatic N) is 2. The summed E-state index contributed by atoms with van der Waals surface area (Å²) in [5.41, 5.74) is 2.03. The molecule has 1 atom stereocenters. The van der Waals surface area contributed by atoms with Gasteiger partial charge in [-0.2, -0.15) is 0 Å². The van der Waals surface area contributed by atoms with Gasteiger partial charge >= 0.3 is 0 Å². The molecule has 1 aromatic heterocycles. The maximum Gasteiger partial charge on any atom is 0.277 e.